The molecule has 2 aromatic rings. The standard InChI is InChI=1S/C19H24N2O3S2/c1-14-9-10-17(15(2)13-14)20-19(22)18(11-12-25-3)21-26(23,24)16-7-5-4-6-8-16/h4-10,13,18,21H,11-12H2,1-3H3,(H,20,22). The highest BCUT2D eigenvalue weighted by atomic mass is 32.2. The van der Waals surface area contributed by atoms with Crippen molar-refractivity contribution in [1.82, 2.24) is 4.72 Å². The highest BCUT2D eigenvalue weighted by Crippen LogP contribution is 2.17. The number of anilines is 1. The average molecular weight is 393 g/mol. The summed E-state index contributed by atoms with van der Waals surface area (Å²) in [4.78, 5) is 12.9. The molecule has 0 saturated carbocycles. The van der Waals surface area contributed by atoms with E-state index in [1.54, 1.807) is 30.0 Å². The monoisotopic (exact) mass is 392 g/mol. The third-order valence-corrected chi connectivity index (χ3v) is 6.05. The van der Waals surface area contributed by atoms with E-state index in [9.17, 15) is 13.2 Å². The first-order valence-corrected chi connectivity index (χ1v) is 11.2. The van der Waals surface area contributed by atoms with Gasteiger partial charge in [0.2, 0.25) is 15.9 Å². The van der Waals surface area contributed by atoms with E-state index in [-0.39, 0.29) is 10.8 Å². The Hall–Kier alpha value is -1.83. The molecule has 0 fully saturated rings. The molecular formula is C19H24N2O3S2. The van der Waals surface area contributed by atoms with Crippen LogP contribution in [0, 0.1) is 13.8 Å². The van der Waals surface area contributed by atoms with Gasteiger partial charge in [-0.3, -0.25) is 4.79 Å². The summed E-state index contributed by atoms with van der Waals surface area (Å²) in [6.07, 6.45) is 2.33. The van der Waals surface area contributed by atoms with E-state index in [1.807, 2.05) is 38.3 Å². The van der Waals surface area contributed by atoms with E-state index in [0.29, 0.717) is 17.9 Å². The van der Waals surface area contributed by atoms with E-state index < -0.39 is 16.1 Å². The Labute approximate surface area is 159 Å². The van der Waals surface area contributed by atoms with E-state index in [0.717, 1.165) is 11.1 Å². The fourth-order valence-electron chi connectivity index (χ4n) is 2.51. The van der Waals surface area contributed by atoms with Gasteiger partial charge in [-0.05, 0) is 56.0 Å². The molecule has 2 N–H and O–H groups in total. The molecule has 26 heavy (non-hydrogen) atoms. The van der Waals surface area contributed by atoms with Crippen LogP contribution in [0.5, 0.6) is 0 Å². The maximum Gasteiger partial charge on any atom is 0.242 e. The summed E-state index contributed by atoms with van der Waals surface area (Å²) < 4.78 is 27.7. The van der Waals surface area contributed by atoms with Crippen LogP contribution < -0.4 is 10.0 Å². The zero-order valence-electron chi connectivity index (χ0n) is 15.2. The molecule has 1 atom stereocenters. The van der Waals surface area contributed by atoms with Crippen LogP contribution in [0.15, 0.2) is 53.4 Å². The molecule has 0 aliphatic heterocycles. The van der Waals surface area contributed by atoms with Crippen LogP contribution in [0.1, 0.15) is 17.5 Å². The molecule has 0 saturated heterocycles. The van der Waals surface area contributed by atoms with Gasteiger partial charge in [0, 0.05) is 5.69 Å². The van der Waals surface area contributed by atoms with Crippen molar-refractivity contribution in [1.29, 1.82) is 0 Å². The average Bonchev–Trinajstić information content (AvgIpc) is 2.61. The predicted octanol–water partition coefficient (Wildman–Crippen LogP) is 3.34. The Morgan fingerprint density at radius 2 is 1.81 bits per heavy atom. The zero-order valence-corrected chi connectivity index (χ0v) is 16.8. The zero-order chi connectivity index (χ0) is 19.2. The summed E-state index contributed by atoms with van der Waals surface area (Å²) in [5.74, 6) is 0.313. The summed E-state index contributed by atoms with van der Waals surface area (Å²) in [5.41, 5.74) is 2.73. The number of hydrogen-bond acceptors (Lipinski definition) is 4. The van der Waals surface area contributed by atoms with Crippen molar-refractivity contribution in [2.24, 2.45) is 0 Å². The lowest BCUT2D eigenvalue weighted by Crippen LogP contribution is -2.44. The summed E-state index contributed by atoms with van der Waals surface area (Å²) in [7, 11) is -3.76. The molecule has 2 rings (SSSR count). The third kappa shape index (κ3) is 5.59. The molecule has 1 unspecified atom stereocenters. The fourth-order valence-corrected chi connectivity index (χ4v) is 4.23. The number of rotatable bonds is 8. The Kier molecular flexibility index (Phi) is 7.25. The van der Waals surface area contributed by atoms with Crippen LogP contribution in [0.4, 0.5) is 5.69 Å². The number of amides is 1. The lowest BCUT2D eigenvalue weighted by atomic mass is 10.1. The van der Waals surface area contributed by atoms with Crippen molar-refractivity contribution in [3.8, 4) is 0 Å². The van der Waals surface area contributed by atoms with Crippen LogP contribution in [0.25, 0.3) is 0 Å². The van der Waals surface area contributed by atoms with Crippen molar-refractivity contribution in [2.45, 2.75) is 31.2 Å². The second-order valence-corrected chi connectivity index (χ2v) is 8.78. The number of thioether (sulfide) groups is 1. The first-order valence-electron chi connectivity index (χ1n) is 8.28. The third-order valence-electron chi connectivity index (χ3n) is 3.92. The molecule has 5 nitrogen and oxygen atoms in total. The van der Waals surface area contributed by atoms with Crippen molar-refractivity contribution in [2.75, 3.05) is 17.3 Å². The fraction of sp³-hybridized carbons (Fsp3) is 0.316. The van der Waals surface area contributed by atoms with Crippen molar-refractivity contribution < 1.29 is 13.2 Å². The minimum absolute atomic E-state index is 0.147. The molecule has 0 spiro atoms. The molecule has 1 amide bonds. The first-order chi connectivity index (χ1) is 12.3. The van der Waals surface area contributed by atoms with E-state index in [1.165, 1.54) is 12.1 Å². The minimum Gasteiger partial charge on any atom is -0.324 e. The highest BCUT2D eigenvalue weighted by molar-refractivity contribution is 7.98. The number of carbonyl (C=O) groups is 1. The number of benzene rings is 2. The maximum absolute atomic E-state index is 12.7. The predicted molar refractivity (Wildman–Crippen MR) is 108 cm³/mol. The lowest BCUT2D eigenvalue weighted by Gasteiger charge is -2.19. The summed E-state index contributed by atoms with van der Waals surface area (Å²) in [5, 5.41) is 2.85. The molecule has 0 heterocycles. The van der Waals surface area contributed by atoms with Crippen LogP contribution in [-0.2, 0) is 14.8 Å². The van der Waals surface area contributed by atoms with E-state index in [2.05, 4.69) is 10.0 Å². The molecule has 140 valence electrons. The van der Waals surface area contributed by atoms with Gasteiger partial charge in [0.05, 0.1) is 4.90 Å². The second kappa shape index (κ2) is 9.21. The van der Waals surface area contributed by atoms with Gasteiger partial charge in [0.25, 0.3) is 0 Å². The highest BCUT2D eigenvalue weighted by Gasteiger charge is 2.25. The quantitative estimate of drug-likeness (QED) is 0.722. The second-order valence-electron chi connectivity index (χ2n) is 6.08. The lowest BCUT2D eigenvalue weighted by molar-refractivity contribution is -0.117. The van der Waals surface area contributed by atoms with Crippen molar-refractivity contribution >= 4 is 33.4 Å². The smallest absolute Gasteiger partial charge is 0.242 e. The molecular weight excluding hydrogens is 368 g/mol. The normalized spacial score (nSPS) is 12.6. The molecule has 0 bridgehead atoms. The SMILES string of the molecule is CSCCC(NS(=O)(=O)c1ccccc1)C(=O)Nc1ccc(C)cc1C. The van der Waals surface area contributed by atoms with Crippen molar-refractivity contribution in [3.05, 3.63) is 59.7 Å². The van der Waals surface area contributed by atoms with Gasteiger partial charge in [-0.25, -0.2) is 8.42 Å². The molecule has 0 radical (unpaired) electrons. The Bertz CT molecular complexity index is 852. The molecule has 0 aromatic heterocycles. The Balaban J connectivity index is 2.19. The first kappa shape index (κ1) is 20.5. The van der Waals surface area contributed by atoms with Crippen LogP contribution >= 0.6 is 11.8 Å². The molecule has 0 aliphatic rings. The van der Waals surface area contributed by atoms with Gasteiger partial charge < -0.3 is 5.32 Å². The van der Waals surface area contributed by atoms with E-state index in [4.69, 9.17) is 0 Å². The number of aryl methyl sites for hydroxylation is 2. The van der Waals surface area contributed by atoms with Crippen LogP contribution in [0.2, 0.25) is 0 Å². The molecule has 7 heteroatoms. The van der Waals surface area contributed by atoms with Crippen molar-refractivity contribution in [3.63, 3.8) is 0 Å². The number of hydrogen-bond donors (Lipinski definition) is 2. The Morgan fingerprint density at radius 3 is 2.42 bits per heavy atom. The van der Waals surface area contributed by atoms with Gasteiger partial charge in [0.15, 0.2) is 0 Å². The molecule has 0 aliphatic carbocycles. The summed E-state index contributed by atoms with van der Waals surface area (Å²) in [6, 6.07) is 13.0. The van der Waals surface area contributed by atoms with Gasteiger partial charge in [0.1, 0.15) is 6.04 Å². The minimum atomic E-state index is -3.76. The van der Waals surface area contributed by atoms with E-state index >= 15 is 0 Å². The Morgan fingerprint density at radius 1 is 1.12 bits per heavy atom. The van der Waals surface area contributed by atoms with Gasteiger partial charge in [-0.1, -0.05) is 35.9 Å². The molecule has 2 aromatic carbocycles. The van der Waals surface area contributed by atoms with Crippen LogP contribution in [0.3, 0.4) is 0 Å². The summed E-state index contributed by atoms with van der Waals surface area (Å²) >= 11 is 1.57. The maximum atomic E-state index is 12.7. The largest absolute Gasteiger partial charge is 0.324 e. The number of sulfonamides is 1. The number of nitrogens with one attached hydrogen (secondary N) is 2. The van der Waals surface area contributed by atoms with Gasteiger partial charge in [-0.2, -0.15) is 16.5 Å². The number of carbonyl (C=O) groups excluding carboxylic acids is 1. The topological polar surface area (TPSA) is 75.3 Å². The summed E-state index contributed by atoms with van der Waals surface area (Å²) in [6.45, 7) is 3.89. The van der Waals surface area contributed by atoms with Crippen LogP contribution in [-0.4, -0.2) is 32.4 Å². The van der Waals surface area contributed by atoms with Gasteiger partial charge in [-0.15, -0.1) is 0 Å². The van der Waals surface area contributed by atoms with Gasteiger partial charge >= 0.3 is 0 Å².